The maximum Gasteiger partial charge on any atom is 0.346 e. The first-order valence-corrected chi connectivity index (χ1v) is 3.83. The fraction of sp³-hybridized carbons (Fsp3) is 0.556. The van der Waals surface area contributed by atoms with Gasteiger partial charge in [-0.1, -0.05) is 0 Å². The van der Waals surface area contributed by atoms with Crippen molar-refractivity contribution in [2.75, 3.05) is 0 Å². The molecule has 0 unspecified atom stereocenters. The minimum Gasteiger partial charge on any atom is -0.477 e. The van der Waals surface area contributed by atoms with Crippen molar-refractivity contribution in [1.82, 2.24) is 0 Å². The molecule has 0 rings (SSSR count). The van der Waals surface area contributed by atoms with Crippen LogP contribution in [-0.2, 0) is 4.79 Å². The average Bonchev–Trinajstić information content (AvgIpc) is 1.82. The zero-order valence-corrected chi connectivity index (χ0v) is 7.96. The van der Waals surface area contributed by atoms with E-state index in [2.05, 4.69) is 0 Å². The number of rotatable bonds is 3. The fourth-order valence-corrected chi connectivity index (χ4v) is 1.06. The van der Waals surface area contributed by atoms with Crippen molar-refractivity contribution in [3.63, 3.8) is 0 Å². The molecule has 0 amide bonds. The van der Waals surface area contributed by atoms with Crippen molar-refractivity contribution in [3.8, 4) is 6.07 Å². The molecular weight excluding hydrogens is 170 g/mol. The van der Waals surface area contributed by atoms with Gasteiger partial charge in [-0.25, -0.2) is 4.79 Å². The summed E-state index contributed by atoms with van der Waals surface area (Å²) in [7, 11) is 0. The standard InChI is InChI=1S/C9H13NO3/c1-6(4-9(2,3)13)7(5-10)8(11)12/h13H,4H2,1-3H3,(H,11,12)/b7-6-. The Bertz CT molecular complexity index is 278. The monoisotopic (exact) mass is 183 g/mol. The van der Waals surface area contributed by atoms with Gasteiger partial charge in [-0.2, -0.15) is 5.26 Å². The first-order chi connectivity index (χ1) is 5.78. The van der Waals surface area contributed by atoms with Crippen molar-refractivity contribution in [2.45, 2.75) is 32.8 Å². The summed E-state index contributed by atoms with van der Waals surface area (Å²) in [5.74, 6) is -1.25. The summed E-state index contributed by atoms with van der Waals surface area (Å²) in [5, 5.41) is 26.4. The minimum absolute atomic E-state index is 0.183. The maximum absolute atomic E-state index is 10.5. The number of hydrogen-bond donors (Lipinski definition) is 2. The number of carbonyl (C=O) groups is 1. The number of carboxylic acid groups (broad SMARTS) is 1. The van der Waals surface area contributed by atoms with Crippen LogP contribution in [0, 0.1) is 11.3 Å². The van der Waals surface area contributed by atoms with Crippen LogP contribution in [0.1, 0.15) is 27.2 Å². The molecule has 4 heteroatoms. The summed E-state index contributed by atoms with van der Waals surface area (Å²) in [5.41, 5.74) is -0.883. The lowest BCUT2D eigenvalue weighted by atomic mass is 9.96. The molecule has 0 heterocycles. The molecule has 2 N–H and O–H groups in total. The highest BCUT2D eigenvalue weighted by molar-refractivity contribution is 5.91. The molecule has 0 aliphatic carbocycles. The molecule has 0 aromatic heterocycles. The van der Waals surface area contributed by atoms with Crippen LogP contribution >= 0.6 is 0 Å². The molecule has 0 aliphatic heterocycles. The minimum atomic E-state index is -1.25. The van der Waals surface area contributed by atoms with E-state index in [0.29, 0.717) is 5.57 Å². The first kappa shape index (κ1) is 11.7. The van der Waals surface area contributed by atoms with Crippen LogP contribution < -0.4 is 0 Å². The van der Waals surface area contributed by atoms with Gasteiger partial charge < -0.3 is 10.2 Å². The first-order valence-electron chi connectivity index (χ1n) is 3.83. The van der Waals surface area contributed by atoms with E-state index in [1.165, 1.54) is 6.92 Å². The van der Waals surface area contributed by atoms with Crippen molar-refractivity contribution in [3.05, 3.63) is 11.1 Å². The van der Waals surface area contributed by atoms with Crippen LogP contribution in [0.3, 0.4) is 0 Å². The van der Waals surface area contributed by atoms with Gasteiger partial charge >= 0.3 is 5.97 Å². The van der Waals surface area contributed by atoms with Gasteiger partial charge in [0, 0.05) is 0 Å². The number of nitriles is 1. The highest BCUT2D eigenvalue weighted by Gasteiger charge is 2.18. The molecule has 0 aromatic carbocycles. The third-order valence-corrected chi connectivity index (χ3v) is 1.45. The van der Waals surface area contributed by atoms with Gasteiger partial charge in [0.15, 0.2) is 0 Å². The van der Waals surface area contributed by atoms with Gasteiger partial charge in [-0.15, -0.1) is 0 Å². The predicted octanol–water partition coefficient (Wildman–Crippen LogP) is 1.07. The smallest absolute Gasteiger partial charge is 0.346 e. The zero-order valence-electron chi connectivity index (χ0n) is 7.96. The topological polar surface area (TPSA) is 81.3 Å². The lowest BCUT2D eigenvalue weighted by molar-refractivity contribution is -0.132. The number of aliphatic hydroxyl groups is 1. The zero-order chi connectivity index (χ0) is 10.6. The quantitative estimate of drug-likeness (QED) is 0.506. The number of hydrogen-bond acceptors (Lipinski definition) is 3. The SMILES string of the molecule is C/C(CC(C)(C)O)=C(\C#N)C(=O)O. The van der Waals surface area contributed by atoms with Crippen molar-refractivity contribution in [2.24, 2.45) is 0 Å². The average molecular weight is 183 g/mol. The molecule has 0 radical (unpaired) electrons. The van der Waals surface area contributed by atoms with Crippen LogP contribution in [0.5, 0.6) is 0 Å². The van der Waals surface area contributed by atoms with E-state index in [1.807, 2.05) is 0 Å². The molecule has 4 nitrogen and oxygen atoms in total. The summed E-state index contributed by atoms with van der Waals surface area (Å²) in [6.45, 7) is 4.66. The van der Waals surface area contributed by atoms with E-state index in [0.717, 1.165) is 0 Å². The number of carboxylic acids is 1. The maximum atomic E-state index is 10.5. The van der Waals surface area contributed by atoms with Crippen molar-refractivity contribution >= 4 is 5.97 Å². The predicted molar refractivity (Wildman–Crippen MR) is 46.9 cm³/mol. The highest BCUT2D eigenvalue weighted by atomic mass is 16.4. The van der Waals surface area contributed by atoms with E-state index >= 15 is 0 Å². The van der Waals surface area contributed by atoms with Crippen LogP contribution in [0.2, 0.25) is 0 Å². The van der Waals surface area contributed by atoms with Gasteiger partial charge in [0.1, 0.15) is 11.6 Å². The largest absolute Gasteiger partial charge is 0.477 e. The lowest BCUT2D eigenvalue weighted by Crippen LogP contribution is -2.19. The molecule has 0 saturated carbocycles. The van der Waals surface area contributed by atoms with Gasteiger partial charge in [0.05, 0.1) is 5.60 Å². The highest BCUT2D eigenvalue weighted by Crippen LogP contribution is 2.17. The molecule has 0 saturated heterocycles. The van der Waals surface area contributed by atoms with Crippen LogP contribution in [0.15, 0.2) is 11.1 Å². The van der Waals surface area contributed by atoms with Crippen LogP contribution in [0.25, 0.3) is 0 Å². The molecule has 0 aliphatic rings. The van der Waals surface area contributed by atoms with E-state index in [4.69, 9.17) is 10.4 Å². The van der Waals surface area contributed by atoms with Gasteiger partial charge in [0.25, 0.3) is 0 Å². The van der Waals surface area contributed by atoms with Gasteiger partial charge in [-0.3, -0.25) is 0 Å². The molecule has 0 spiro atoms. The summed E-state index contributed by atoms with van der Waals surface area (Å²) >= 11 is 0. The van der Waals surface area contributed by atoms with Gasteiger partial charge in [0.2, 0.25) is 0 Å². The Kier molecular flexibility index (Phi) is 3.64. The number of nitrogens with zero attached hydrogens (tertiary/aromatic N) is 1. The Balaban J connectivity index is 4.82. The van der Waals surface area contributed by atoms with E-state index in [9.17, 15) is 9.90 Å². The van der Waals surface area contributed by atoms with Crippen molar-refractivity contribution in [1.29, 1.82) is 5.26 Å². The second-order valence-electron chi connectivity index (χ2n) is 3.56. The Morgan fingerprint density at radius 1 is 1.54 bits per heavy atom. The van der Waals surface area contributed by atoms with E-state index in [1.54, 1.807) is 19.9 Å². The molecule has 0 bridgehead atoms. The molecular formula is C9H13NO3. The third-order valence-electron chi connectivity index (χ3n) is 1.45. The Hall–Kier alpha value is -1.34. The van der Waals surface area contributed by atoms with Crippen LogP contribution in [-0.4, -0.2) is 21.8 Å². The number of aliphatic carboxylic acids is 1. The summed E-state index contributed by atoms with van der Waals surface area (Å²) in [6.07, 6.45) is 0.183. The Morgan fingerprint density at radius 3 is 2.23 bits per heavy atom. The lowest BCUT2D eigenvalue weighted by Gasteiger charge is -2.17. The molecule has 0 aromatic rings. The Labute approximate surface area is 77.1 Å². The summed E-state index contributed by atoms with van der Waals surface area (Å²) in [6, 6.07) is 1.59. The molecule has 72 valence electrons. The normalized spacial score (nSPS) is 13.2. The Morgan fingerprint density at radius 2 is 2.00 bits per heavy atom. The summed E-state index contributed by atoms with van der Waals surface area (Å²) in [4.78, 5) is 10.5. The molecule has 13 heavy (non-hydrogen) atoms. The van der Waals surface area contributed by atoms with Gasteiger partial charge in [-0.05, 0) is 32.8 Å². The second kappa shape index (κ2) is 4.06. The summed E-state index contributed by atoms with van der Waals surface area (Å²) < 4.78 is 0. The molecule has 0 atom stereocenters. The second-order valence-corrected chi connectivity index (χ2v) is 3.56. The fourth-order valence-electron chi connectivity index (χ4n) is 1.06. The molecule has 0 fully saturated rings. The third kappa shape index (κ3) is 4.28. The van der Waals surface area contributed by atoms with Crippen molar-refractivity contribution < 1.29 is 15.0 Å². The van der Waals surface area contributed by atoms with E-state index < -0.39 is 11.6 Å². The van der Waals surface area contributed by atoms with Crippen LogP contribution in [0.4, 0.5) is 0 Å². The van der Waals surface area contributed by atoms with E-state index in [-0.39, 0.29) is 12.0 Å².